The van der Waals surface area contributed by atoms with Gasteiger partial charge in [-0.05, 0) is 98.0 Å². The highest BCUT2D eigenvalue weighted by Crippen LogP contribution is 2.28. The third-order valence-electron chi connectivity index (χ3n) is 6.08. The van der Waals surface area contributed by atoms with E-state index in [9.17, 15) is 18.4 Å². The molecular formula is C29H26F2N2O3. The topological polar surface area (TPSA) is 79.3 Å². The molecule has 0 spiro atoms. The van der Waals surface area contributed by atoms with E-state index in [0.29, 0.717) is 36.0 Å². The maximum Gasteiger partial charge on any atom is 0.303 e. The summed E-state index contributed by atoms with van der Waals surface area (Å²) in [6.07, 6.45) is 1.87. The predicted molar refractivity (Wildman–Crippen MR) is 135 cm³/mol. The van der Waals surface area contributed by atoms with Crippen molar-refractivity contribution < 1.29 is 23.5 Å². The van der Waals surface area contributed by atoms with Gasteiger partial charge in [-0.2, -0.15) is 0 Å². The van der Waals surface area contributed by atoms with Gasteiger partial charge >= 0.3 is 5.97 Å². The Morgan fingerprint density at radius 3 is 2.25 bits per heavy atom. The van der Waals surface area contributed by atoms with Crippen LogP contribution >= 0.6 is 0 Å². The van der Waals surface area contributed by atoms with Crippen LogP contribution in [0.4, 0.5) is 8.78 Å². The number of rotatable bonds is 9. The van der Waals surface area contributed by atoms with Crippen molar-refractivity contribution in [3.8, 4) is 11.3 Å². The molecule has 1 amide bonds. The maximum atomic E-state index is 13.5. The van der Waals surface area contributed by atoms with Crippen molar-refractivity contribution in [1.82, 2.24) is 10.3 Å². The molecule has 0 aliphatic heterocycles. The smallest absolute Gasteiger partial charge is 0.303 e. The first-order valence-corrected chi connectivity index (χ1v) is 11.8. The van der Waals surface area contributed by atoms with Gasteiger partial charge in [0.15, 0.2) is 0 Å². The van der Waals surface area contributed by atoms with Crippen molar-refractivity contribution >= 4 is 22.8 Å². The van der Waals surface area contributed by atoms with Crippen molar-refractivity contribution in [3.63, 3.8) is 0 Å². The second-order valence-electron chi connectivity index (χ2n) is 8.76. The molecule has 1 heterocycles. The number of aromatic nitrogens is 1. The molecule has 7 heteroatoms. The number of fused-ring (bicyclic) bond motifs is 1. The SMILES string of the molecule is C[C@@H](NC(=O)c1ccc2nc(-c3ccc(F)cc3)c(CCCCC(=O)O)cc2c1)c1ccc(F)cc1. The highest BCUT2D eigenvalue weighted by atomic mass is 19.1. The van der Waals surface area contributed by atoms with Crippen LogP contribution in [0.5, 0.6) is 0 Å². The molecule has 4 aromatic rings. The minimum Gasteiger partial charge on any atom is -0.481 e. The standard InChI is InChI=1S/C29H26F2N2O3/c1-18(19-6-11-24(30)12-7-19)32-29(36)22-10-15-26-23(17-22)16-21(4-2-3-5-27(34)35)28(33-26)20-8-13-25(31)14-9-20/h6-18H,2-5H2,1H3,(H,32,36)(H,34,35)/t18-/m1/s1. The first kappa shape index (κ1) is 25.0. The molecule has 0 saturated heterocycles. The fourth-order valence-electron chi connectivity index (χ4n) is 4.12. The van der Waals surface area contributed by atoms with Crippen LogP contribution in [0.2, 0.25) is 0 Å². The molecule has 5 nitrogen and oxygen atoms in total. The van der Waals surface area contributed by atoms with E-state index < -0.39 is 5.97 Å². The summed E-state index contributed by atoms with van der Waals surface area (Å²) in [7, 11) is 0. The van der Waals surface area contributed by atoms with Crippen LogP contribution in [-0.2, 0) is 11.2 Å². The quantitative estimate of drug-likeness (QED) is 0.265. The number of halogens is 2. The molecule has 0 bridgehead atoms. The zero-order valence-corrected chi connectivity index (χ0v) is 19.8. The number of carboxylic acid groups (broad SMARTS) is 1. The van der Waals surface area contributed by atoms with Gasteiger partial charge in [0.25, 0.3) is 5.91 Å². The molecule has 2 N–H and O–H groups in total. The average Bonchev–Trinajstić information content (AvgIpc) is 2.86. The number of unbranched alkanes of at least 4 members (excludes halogenated alkanes) is 1. The predicted octanol–water partition coefficient (Wildman–Crippen LogP) is 6.47. The van der Waals surface area contributed by atoms with Crippen LogP contribution in [0.15, 0.2) is 72.8 Å². The van der Waals surface area contributed by atoms with Crippen LogP contribution in [0.1, 0.15) is 53.7 Å². The van der Waals surface area contributed by atoms with Crippen molar-refractivity contribution in [1.29, 1.82) is 0 Å². The molecule has 0 aliphatic rings. The van der Waals surface area contributed by atoms with Crippen molar-refractivity contribution in [2.45, 2.75) is 38.6 Å². The molecule has 0 saturated carbocycles. The van der Waals surface area contributed by atoms with Crippen molar-refractivity contribution in [2.24, 2.45) is 0 Å². The van der Waals surface area contributed by atoms with E-state index in [-0.39, 0.29) is 30.0 Å². The Hall–Kier alpha value is -4.13. The van der Waals surface area contributed by atoms with Gasteiger partial charge < -0.3 is 10.4 Å². The Morgan fingerprint density at radius 1 is 0.917 bits per heavy atom. The van der Waals surface area contributed by atoms with E-state index in [1.54, 1.807) is 42.5 Å². The number of carbonyl (C=O) groups is 2. The van der Waals surface area contributed by atoms with Crippen molar-refractivity contribution in [3.05, 3.63) is 101 Å². The molecule has 36 heavy (non-hydrogen) atoms. The molecule has 1 aromatic heterocycles. The van der Waals surface area contributed by atoms with Gasteiger partial charge in [-0.25, -0.2) is 13.8 Å². The number of nitrogens with one attached hydrogen (secondary N) is 1. The molecule has 4 rings (SSSR count). The normalized spacial score (nSPS) is 11.9. The summed E-state index contributed by atoms with van der Waals surface area (Å²) in [4.78, 5) is 28.6. The summed E-state index contributed by atoms with van der Waals surface area (Å²) < 4.78 is 26.7. The molecule has 184 valence electrons. The zero-order valence-electron chi connectivity index (χ0n) is 19.8. The van der Waals surface area contributed by atoms with Crippen LogP contribution < -0.4 is 5.32 Å². The van der Waals surface area contributed by atoms with E-state index in [1.165, 1.54) is 24.3 Å². The lowest BCUT2D eigenvalue weighted by Crippen LogP contribution is -2.26. The number of nitrogens with zero attached hydrogens (tertiary/aromatic N) is 1. The number of carbonyl (C=O) groups excluding carboxylic acids is 1. The lowest BCUT2D eigenvalue weighted by atomic mass is 9.98. The van der Waals surface area contributed by atoms with Gasteiger partial charge in [-0.15, -0.1) is 0 Å². The monoisotopic (exact) mass is 488 g/mol. The van der Waals surface area contributed by atoms with E-state index in [4.69, 9.17) is 10.1 Å². The van der Waals surface area contributed by atoms with Crippen LogP contribution in [-0.4, -0.2) is 22.0 Å². The number of pyridine rings is 1. The summed E-state index contributed by atoms with van der Waals surface area (Å²) in [6.45, 7) is 1.83. The molecular weight excluding hydrogens is 462 g/mol. The number of carboxylic acids is 1. The van der Waals surface area contributed by atoms with Crippen LogP contribution in [0.3, 0.4) is 0 Å². The summed E-state index contributed by atoms with van der Waals surface area (Å²) >= 11 is 0. The Morgan fingerprint density at radius 2 is 1.58 bits per heavy atom. The van der Waals surface area contributed by atoms with Crippen LogP contribution in [0, 0.1) is 11.6 Å². The fourth-order valence-corrected chi connectivity index (χ4v) is 4.12. The summed E-state index contributed by atoms with van der Waals surface area (Å²) in [6, 6.07) is 19.0. The second kappa shape index (κ2) is 11.1. The molecule has 0 radical (unpaired) electrons. The van der Waals surface area contributed by atoms with Gasteiger partial charge in [0.2, 0.25) is 0 Å². The first-order chi connectivity index (χ1) is 17.3. The molecule has 0 fully saturated rings. The Labute approximate surface area is 207 Å². The van der Waals surface area contributed by atoms with E-state index >= 15 is 0 Å². The lowest BCUT2D eigenvalue weighted by molar-refractivity contribution is -0.137. The van der Waals surface area contributed by atoms with Gasteiger partial charge in [0.05, 0.1) is 17.3 Å². The number of hydrogen-bond donors (Lipinski definition) is 2. The van der Waals surface area contributed by atoms with E-state index in [2.05, 4.69) is 5.32 Å². The third-order valence-corrected chi connectivity index (χ3v) is 6.08. The summed E-state index contributed by atoms with van der Waals surface area (Å²) in [5.74, 6) is -1.78. The Bertz CT molecular complexity index is 1390. The van der Waals surface area contributed by atoms with Gasteiger partial charge in [-0.1, -0.05) is 12.1 Å². The Balaban J connectivity index is 1.62. The van der Waals surface area contributed by atoms with Crippen LogP contribution in [0.25, 0.3) is 22.2 Å². The minimum atomic E-state index is -0.837. The van der Waals surface area contributed by atoms with Gasteiger partial charge in [0, 0.05) is 22.9 Å². The highest BCUT2D eigenvalue weighted by Gasteiger charge is 2.15. The molecule has 1 atom stereocenters. The van der Waals surface area contributed by atoms with Crippen molar-refractivity contribution in [2.75, 3.05) is 0 Å². The lowest BCUT2D eigenvalue weighted by Gasteiger charge is -2.15. The second-order valence-corrected chi connectivity index (χ2v) is 8.76. The minimum absolute atomic E-state index is 0.0868. The van der Waals surface area contributed by atoms with Gasteiger partial charge in [-0.3, -0.25) is 9.59 Å². The number of aliphatic carboxylic acids is 1. The number of benzene rings is 3. The molecule has 0 aliphatic carbocycles. The summed E-state index contributed by atoms with van der Waals surface area (Å²) in [5, 5.41) is 12.6. The van der Waals surface area contributed by atoms with Gasteiger partial charge in [0.1, 0.15) is 11.6 Å². The highest BCUT2D eigenvalue weighted by molar-refractivity contribution is 5.98. The number of aryl methyl sites for hydroxylation is 1. The van der Waals surface area contributed by atoms with E-state index in [1.807, 2.05) is 13.0 Å². The van der Waals surface area contributed by atoms with E-state index in [0.717, 1.165) is 22.1 Å². The molecule has 3 aromatic carbocycles. The first-order valence-electron chi connectivity index (χ1n) is 11.8. The average molecular weight is 489 g/mol. The maximum absolute atomic E-state index is 13.5. The molecule has 0 unspecified atom stereocenters. The third kappa shape index (κ3) is 6.10. The summed E-state index contributed by atoms with van der Waals surface area (Å²) in [5.41, 5.74) is 4.31. The number of hydrogen-bond acceptors (Lipinski definition) is 3. The Kier molecular flexibility index (Phi) is 7.68. The zero-order chi connectivity index (χ0) is 25.7. The number of amides is 1. The fraction of sp³-hybridized carbons (Fsp3) is 0.207. The largest absolute Gasteiger partial charge is 0.481 e.